The van der Waals surface area contributed by atoms with Crippen molar-refractivity contribution >= 4 is 49.7 Å². The predicted octanol–water partition coefficient (Wildman–Crippen LogP) is 5.54. The van der Waals surface area contributed by atoms with E-state index >= 15 is 0 Å². The van der Waals surface area contributed by atoms with Crippen molar-refractivity contribution in [1.82, 2.24) is 0 Å². The van der Waals surface area contributed by atoms with Gasteiger partial charge in [0, 0.05) is 15.6 Å². The number of anilines is 1. The molecule has 0 spiro atoms. The molecule has 0 bridgehead atoms. The maximum Gasteiger partial charge on any atom is 0.351 e. The zero-order valence-electron chi connectivity index (χ0n) is 17.1. The molecule has 4 rings (SSSR count). The van der Waals surface area contributed by atoms with Crippen molar-refractivity contribution in [3.05, 3.63) is 23.1 Å². The number of carbonyl (C=O) groups excluding carboxylic acids is 2. The molecule has 1 aromatic heterocycles. The number of nitrogens with one attached hydrogen (secondary N) is 1. The first-order valence-corrected chi connectivity index (χ1v) is 11.9. The van der Waals surface area contributed by atoms with E-state index in [1.54, 1.807) is 18.3 Å². The second kappa shape index (κ2) is 9.22. The molecule has 6 nitrogen and oxygen atoms in total. The Labute approximate surface area is 183 Å². The van der Waals surface area contributed by atoms with Crippen LogP contribution in [0.2, 0.25) is 0 Å². The molecule has 0 radical (unpaired) electrons. The van der Waals surface area contributed by atoms with Gasteiger partial charge in [-0.05, 0) is 37.5 Å². The fourth-order valence-corrected chi connectivity index (χ4v) is 6.19. The van der Waals surface area contributed by atoms with Crippen LogP contribution in [0.5, 0.6) is 5.75 Å². The first-order valence-electron chi connectivity index (χ1n) is 10.2. The second-order valence-corrected chi connectivity index (χ2v) is 9.40. The largest absolute Gasteiger partial charge is 0.479 e. The van der Waals surface area contributed by atoms with Crippen LogP contribution >= 0.6 is 22.7 Å². The molecule has 0 amide bonds. The van der Waals surface area contributed by atoms with Crippen molar-refractivity contribution in [2.75, 3.05) is 25.6 Å². The quantitative estimate of drug-likeness (QED) is 0.479. The second-order valence-electron chi connectivity index (χ2n) is 7.29. The van der Waals surface area contributed by atoms with E-state index < -0.39 is 11.9 Å². The Hall–Kier alpha value is -2.32. The molecule has 0 saturated heterocycles. The summed E-state index contributed by atoms with van der Waals surface area (Å²) in [6.07, 6.45) is 6.24. The van der Waals surface area contributed by atoms with E-state index in [0.29, 0.717) is 16.7 Å². The summed E-state index contributed by atoms with van der Waals surface area (Å²) in [5, 5.41) is 5.63. The van der Waals surface area contributed by atoms with E-state index in [9.17, 15) is 9.59 Å². The van der Waals surface area contributed by atoms with E-state index in [4.69, 9.17) is 14.2 Å². The van der Waals surface area contributed by atoms with Gasteiger partial charge < -0.3 is 19.5 Å². The lowest BCUT2D eigenvalue weighted by molar-refractivity contribution is -0.145. The highest BCUT2D eigenvalue weighted by atomic mass is 32.1. The fourth-order valence-electron chi connectivity index (χ4n) is 3.87. The summed E-state index contributed by atoms with van der Waals surface area (Å²) >= 11 is 2.98. The molecule has 30 heavy (non-hydrogen) atoms. The van der Waals surface area contributed by atoms with Crippen molar-refractivity contribution in [1.29, 1.82) is 0 Å². The van der Waals surface area contributed by atoms with E-state index in [1.165, 1.54) is 50.6 Å². The topological polar surface area (TPSA) is 73.9 Å². The van der Waals surface area contributed by atoms with E-state index in [1.807, 2.05) is 0 Å². The standard InChI is InChI=1S/C22H25NO5S2/c1-3-27-17(24)12-28-19-18-15(29-21(19)22(25)26-2)11-13-9-10-16(30-20(13)18)23-14-7-5-4-6-8-14/h9-11,14,23H,3-8,12H2,1-2H3. The lowest BCUT2D eigenvalue weighted by Crippen LogP contribution is -2.21. The van der Waals surface area contributed by atoms with Crippen LogP contribution in [0.1, 0.15) is 48.7 Å². The summed E-state index contributed by atoms with van der Waals surface area (Å²) in [6.45, 7) is 1.78. The highest BCUT2D eigenvalue weighted by molar-refractivity contribution is 7.24. The molecular weight excluding hydrogens is 422 g/mol. The molecule has 1 saturated carbocycles. The lowest BCUT2D eigenvalue weighted by atomic mass is 9.96. The Morgan fingerprint density at radius 3 is 2.70 bits per heavy atom. The Bertz CT molecular complexity index is 1020. The number of rotatable bonds is 7. The summed E-state index contributed by atoms with van der Waals surface area (Å²) in [5.41, 5.74) is 1.09. The lowest BCUT2D eigenvalue weighted by Gasteiger charge is -2.23. The van der Waals surface area contributed by atoms with Crippen LogP contribution in [0.4, 0.5) is 5.00 Å². The molecule has 3 aliphatic rings. The van der Waals surface area contributed by atoms with E-state index in [2.05, 4.69) is 23.5 Å². The minimum absolute atomic E-state index is 0.249. The summed E-state index contributed by atoms with van der Waals surface area (Å²) in [6, 6.07) is 6.77. The van der Waals surface area contributed by atoms with Gasteiger partial charge >= 0.3 is 11.9 Å². The molecule has 2 aliphatic carbocycles. The number of hydrogen-bond acceptors (Lipinski definition) is 8. The molecule has 0 unspecified atom stereocenters. The number of methoxy groups -OCH3 is 1. The minimum atomic E-state index is -0.468. The van der Waals surface area contributed by atoms with Gasteiger partial charge in [0.2, 0.25) is 0 Å². The molecule has 1 N–H and O–H groups in total. The smallest absolute Gasteiger partial charge is 0.351 e. The van der Waals surface area contributed by atoms with Gasteiger partial charge in [-0.15, -0.1) is 22.7 Å². The third-order valence-corrected chi connectivity index (χ3v) is 7.47. The predicted molar refractivity (Wildman–Crippen MR) is 120 cm³/mol. The van der Waals surface area contributed by atoms with Crippen LogP contribution in [0.25, 0.3) is 20.5 Å². The number of carbonyl (C=O) groups is 2. The average Bonchev–Trinajstić information content (AvgIpc) is 3.29. The number of ether oxygens (including phenoxy) is 3. The molecule has 0 atom stereocenters. The Balaban J connectivity index is 1.71. The van der Waals surface area contributed by atoms with Crippen molar-refractivity contribution in [3.8, 4) is 16.2 Å². The monoisotopic (exact) mass is 447 g/mol. The minimum Gasteiger partial charge on any atom is -0.479 e. The molecule has 0 aromatic carbocycles. The first-order chi connectivity index (χ1) is 14.6. The molecule has 1 aromatic rings. The van der Waals surface area contributed by atoms with Gasteiger partial charge in [-0.3, -0.25) is 0 Å². The van der Waals surface area contributed by atoms with Gasteiger partial charge in [0.25, 0.3) is 0 Å². The van der Waals surface area contributed by atoms with Crippen molar-refractivity contribution < 1.29 is 23.8 Å². The van der Waals surface area contributed by atoms with Crippen LogP contribution in [0, 0.1) is 0 Å². The Morgan fingerprint density at radius 2 is 1.97 bits per heavy atom. The molecule has 160 valence electrons. The van der Waals surface area contributed by atoms with Crippen molar-refractivity contribution in [3.63, 3.8) is 0 Å². The Morgan fingerprint density at radius 1 is 1.17 bits per heavy atom. The zero-order chi connectivity index (χ0) is 21.1. The third kappa shape index (κ3) is 4.25. The molecule has 1 fully saturated rings. The normalized spacial score (nSPS) is 14.7. The summed E-state index contributed by atoms with van der Waals surface area (Å²) in [5.74, 6) is -0.535. The number of thiophene rings is 1. The summed E-state index contributed by atoms with van der Waals surface area (Å²) in [4.78, 5) is 25.6. The maximum atomic E-state index is 12.3. The van der Waals surface area contributed by atoms with E-state index in [-0.39, 0.29) is 13.2 Å². The van der Waals surface area contributed by atoms with Gasteiger partial charge in [-0.2, -0.15) is 0 Å². The van der Waals surface area contributed by atoms with Crippen LogP contribution in [0.3, 0.4) is 0 Å². The highest BCUT2D eigenvalue weighted by Gasteiger charge is 2.27. The van der Waals surface area contributed by atoms with Gasteiger partial charge in [-0.1, -0.05) is 25.3 Å². The van der Waals surface area contributed by atoms with Crippen LogP contribution < -0.4 is 10.1 Å². The maximum absolute atomic E-state index is 12.3. The third-order valence-electron chi connectivity index (χ3n) is 5.26. The number of esters is 2. The summed E-state index contributed by atoms with van der Waals surface area (Å²) in [7, 11) is 1.34. The van der Waals surface area contributed by atoms with Crippen LogP contribution in [-0.2, 0) is 14.3 Å². The van der Waals surface area contributed by atoms with Gasteiger partial charge in [0.05, 0.1) is 24.1 Å². The van der Waals surface area contributed by atoms with E-state index in [0.717, 1.165) is 25.5 Å². The van der Waals surface area contributed by atoms with Gasteiger partial charge in [0.15, 0.2) is 17.2 Å². The average molecular weight is 448 g/mol. The first kappa shape index (κ1) is 20.9. The zero-order valence-corrected chi connectivity index (χ0v) is 18.7. The number of fused-ring (bicyclic) bond motifs is 3. The SMILES string of the molecule is CCOC(=O)COc1c(C(=O)OC)sc2cc3ccc(NC4CCCCC4)sc-3c12. The number of hydrogen-bond donors (Lipinski definition) is 1. The molecule has 2 heterocycles. The fraction of sp³-hybridized carbons (Fsp3) is 0.455. The van der Waals surface area contributed by atoms with Crippen molar-refractivity contribution in [2.24, 2.45) is 0 Å². The van der Waals surface area contributed by atoms with Gasteiger partial charge in [0.1, 0.15) is 0 Å². The van der Waals surface area contributed by atoms with Gasteiger partial charge in [-0.25, -0.2) is 9.59 Å². The summed E-state index contributed by atoms with van der Waals surface area (Å²) < 4.78 is 16.6. The van der Waals surface area contributed by atoms with Crippen LogP contribution in [-0.4, -0.2) is 38.3 Å². The molecule has 8 heteroatoms. The Kier molecular flexibility index (Phi) is 6.43. The highest BCUT2D eigenvalue weighted by Crippen LogP contribution is 2.50. The molecule has 1 aliphatic heterocycles. The molecular formula is C22H25NO5S2. The van der Waals surface area contributed by atoms with Crippen molar-refractivity contribution in [2.45, 2.75) is 45.1 Å². The van der Waals surface area contributed by atoms with Crippen LogP contribution in [0.15, 0.2) is 18.2 Å².